The molecule has 0 saturated carbocycles. The number of benzene rings is 1. The molecule has 1 aromatic rings. The van der Waals surface area contributed by atoms with Crippen molar-refractivity contribution in [2.75, 3.05) is 0 Å². The largest absolute Gasteiger partial charge is 0.543 e. The van der Waals surface area contributed by atoms with Crippen LogP contribution in [0.15, 0.2) is 34.8 Å². The van der Waals surface area contributed by atoms with Gasteiger partial charge < -0.3 is 4.43 Å². The van der Waals surface area contributed by atoms with Gasteiger partial charge in [0.25, 0.3) is 0 Å². The zero-order valence-corrected chi connectivity index (χ0v) is 14.8. The molecular formula is C15H23BrOSi. The monoisotopic (exact) mass is 326 g/mol. The molecule has 100 valence electrons. The summed E-state index contributed by atoms with van der Waals surface area (Å²) in [5, 5.41) is 0.216. The van der Waals surface area contributed by atoms with Crippen molar-refractivity contribution in [2.24, 2.45) is 0 Å². The summed E-state index contributed by atoms with van der Waals surface area (Å²) in [5.41, 5.74) is 1.14. The minimum Gasteiger partial charge on any atom is -0.543 e. The fraction of sp³-hybridized carbons (Fsp3) is 0.467. The molecule has 1 aromatic carbocycles. The lowest BCUT2D eigenvalue weighted by atomic mass is 10.2. The number of halogens is 1. The van der Waals surface area contributed by atoms with Crippen LogP contribution >= 0.6 is 15.9 Å². The molecular weight excluding hydrogens is 304 g/mol. The molecule has 3 heteroatoms. The van der Waals surface area contributed by atoms with Crippen molar-refractivity contribution in [3.8, 4) is 0 Å². The van der Waals surface area contributed by atoms with E-state index in [1.54, 1.807) is 0 Å². The summed E-state index contributed by atoms with van der Waals surface area (Å²) in [4.78, 5) is 0. The van der Waals surface area contributed by atoms with E-state index in [9.17, 15) is 0 Å². The van der Waals surface area contributed by atoms with Gasteiger partial charge in [0.2, 0.25) is 8.32 Å². The van der Waals surface area contributed by atoms with Crippen molar-refractivity contribution in [3.63, 3.8) is 0 Å². The fourth-order valence-electron chi connectivity index (χ4n) is 1.35. The zero-order valence-electron chi connectivity index (χ0n) is 12.2. The van der Waals surface area contributed by atoms with Gasteiger partial charge in [-0.3, -0.25) is 0 Å². The average molecular weight is 327 g/mol. The maximum Gasteiger partial charge on any atom is 0.250 e. The van der Waals surface area contributed by atoms with Gasteiger partial charge in [0.15, 0.2) is 0 Å². The second-order valence-corrected chi connectivity index (χ2v) is 11.7. The van der Waals surface area contributed by atoms with E-state index in [0.29, 0.717) is 0 Å². The molecule has 0 aliphatic carbocycles. The Morgan fingerprint density at radius 2 is 1.89 bits per heavy atom. The first-order chi connectivity index (χ1) is 8.17. The summed E-state index contributed by atoms with van der Waals surface area (Å²) in [6, 6.07) is 8.26. The maximum atomic E-state index is 6.37. The first-order valence-electron chi connectivity index (χ1n) is 6.28. The Labute approximate surface area is 121 Å². The number of rotatable bonds is 3. The van der Waals surface area contributed by atoms with Crippen LogP contribution in [0.1, 0.15) is 33.3 Å². The number of hydrogen-bond acceptors (Lipinski definition) is 1. The van der Waals surface area contributed by atoms with Crippen LogP contribution in [0, 0.1) is 0 Å². The van der Waals surface area contributed by atoms with Gasteiger partial charge in [-0.15, -0.1) is 0 Å². The van der Waals surface area contributed by atoms with Gasteiger partial charge in [0.1, 0.15) is 5.76 Å². The van der Waals surface area contributed by atoms with Gasteiger partial charge in [0.05, 0.1) is 0 Å². The van der Waals surface area contributed by atoms with Gasteiger partial charge in [-0.05, 0) is 43.3 Å². The van der Waals surface area contributed by atoms with Crippen molar-refractivity contribution in [2.45, 2.75) is 45.8 Å². The highest BCUT2D eigenvalue weighted by Gasteiger charge is 2.39. The summed E-state index contributed by atoms with van der Waals surface area (Å²) in [6.45, 7) is 13.3. The first-order valence-corrected chi connectivity index (χ1v) is 9.99. The molecule has 0 atom stereocenters. The van der Waals surface area contributed by atoms with E-state index in [-0.39, 0.29) is 5.04 Å². The highest BCUT2D eigenvalue weighted by atomic mass is 79.9. The predicted molar refractivity (Wildman–Crippen MR) is 86.1 cm³/mol. The summed E-state index contributed by atoms with van der Waals surface area (Å²) in [6.07, 6.45) is 2.06. The Balaban J connectivity index is 3.01. The second-order valence-electron chi connectivity index (χ2n) is 6.03. The molecule has 0 N–H and O–H groups in total. The Hall–Kier alpha value is -0.543. The van der Waals surface area contributed by atoms with Crippen LogP contribution < -0.4 is 0 Å². The molecule has 0 saturated heterocycles. The lowest BCUT2D eigenvalue weighted by Crippen LogP contribution is -2.40. The lowest BCUT2D eigenvalue weighted by Gasteiger charge is -2.37. The molecule has 0 bridgehead atoms. The van der Waals surface area contributed by atoms with E-state index >= 15 is 0 Å². The molecule has 18 heavy (non-hydrogen) atoms. The lowest BCUT2D eigenvalue weighted by molar-refractivity contribution is 0.457. The molecule has 1 nitrogen and oxygen atoms in total. The molecule has 0 aliphatic heterocycles. The minimum atomic E-state index is -1.77. The van der Waals surface area contributed by atoms with Gasteiger partial charge in [0, 0.05) is 10.0 Å². The van der Waals surface area contributed by atoms with E-state index < -0.39 is 8.32 Å². The van der Waals surface area contributed by atoms with Crippen molar-refractivity contribution in [1.29, 1.82) is 0 Å². The van der Waals surface area contributed by atoms with Crippen LogP contribution in [0.5, 0.6) is 0 Å². The molecule has 0 spiro atoms. The molecule has 0 heterocycles. The summed E-state index contributed by atoms with van der Waals surface area (Å²) in [7, 11) is -1.77. The van der Waals surface area contributed by atoms with Crippen molar-refractivity contribution in [3.05, 3.63) is 40.4 Å². The Kier molecular flexibility index (Phi) is 4.84. The predicted octanol–water partition coefficient (Wildman–Crippen LogP) is 5.83. The molecule has 1 rings (SSSR count). The van der Waals surface area contributed by atoms with Gasteiger partial charge >= 0.3 is 0 Å². The van der Waals surface area contributed by atoms with E-state index in [1.807, 2.05) is 19.1 Å². The molecule has 0 aromatic heterocycles. The van der Waals surface area contributed by atoms with Crippen LogP contribution in [0.2, 0.25) is 18.1 Å². The van der Waals surface area contributed by atoms with Crippen LogP contribution in [-0.4, -0.2) is 8.32 Å². The van der Waals surface area contributed by atoms with Crippen LogP contribution in [-0.2, 0) is 4.43 Å². The summed E-state index contributed by atoms with van der Waals surface area (Å²) < 4.78 is 7.45. The van der Waals surface area contributed by atoms with Crippen molar-refractivity contribution in [1.82, 2.24) is 0 Å². The van der Waals surface area contributed by atoms with E-state index in [1.165, 1.54) is 0 Å². The third kappa shape index (κ3) is 3.72. The first kappa shape index (κ1) is 15.5. The highest BCUT2D eigenvalue weighted by molar-refractivity contribution is 9.10. The molecule has 0 unspecified atom stereocenters. The summed E-state index contributed by atoms with van der Waals surface area (Å²) in [5.74, 6) is 0.989. The smallest absolute Gasteiger partial charge is 0.250 e. The quantitative estimate of drug-likeness (QED) is 0.501. The zero-order chi connectivity index (χ0) is 14.0. The van der Waals surface area contributed by atoms with Gasteiger partial charge in [-0.1, -0.05) is 48.8 Å². The average Bonchev–Trinajstić information content (AvgIpc) is 2.24. The van der Waals surface area contributed by atoms with Crippen molar-refractivity contribution < 1.29 is 4.43 Å². The third-order valence-corrected chi connectivity index (χ3v) is 8.38. The second kappa shape index (κ2) is 5.62. The van der Waals surface area contributed by atoms with Crippen molar-refractivity contribution >= 4 is 30.0 Å². The van der Waals surface area contributed by atoms with E-state index in [0.717, 1.165) is 15.8 Å². The Morgan fingerprint density at radius 3 is 2.33 bits per heavy atom. The molecule has 0 aliphatic rings. The standard InChI is InChI=1S/C15H23BrOSi/c1-7-14(12-9-8-10-13(16)11-12)17-18(5,6)15(2,3)4/h7-11H,1-6H3. The number of hydrogen-bond donors (Lipinski definition) is 0. The normalized spacial score (nSPS) is 13.6. The Morgan fingerprint density at radius 1 is 1.28 bits per heavy atom. The van der Waals surface area contributed by atoms with E-state index in [2.05, 4.69) is 68.0 Å². The van der Waals surface area contributed by atoms with Crippen LogP contribution in [0.25, 0.3) is 5.76 Å². The molecule has 0 radical (unpaired) electrons. The summed E-state index contributed by atoms with van der Waals surface area (Å²) >= 11 is 3.51. The Bertz CT molecular complexity index is 444. The fourth-order valence-corrected chi connectivity index (χ4v) is 2.85. The number of allylic oxidation sites excluding steroid dienone is 1. The molecule has 0 fully saturated rings. The van der Waals surface area contributed by atoms with Gasteiger partial charge in [-0.25, -0.2) is 0 Å². The molecule has 0 amide bonds. The third-order valence-electron chi connectivity index (χ3n) is 3.54. The minimum absolute atomic E-state index is 0.216. The SMILES string of the molecule is CC=C(O[Si](C)(C)C(C)(C)C)c1cccc(Br)c1. The van der Waals surface area contributed by atoms with Gasteiger partial charge in [-0.2, -0.15) is 0 Å². The van der Waals surface area contributed by atoms with Crippen LogP contribution in [0.3, 0.4) is 0 Å². The van der Waals surface area contributed by atoms with Crippen LogP contribution in [0.4, 0.5) is 0 Å². The highest BCUT2D eigenvalue weighted by Crippen LogP contribution is 2.39. The maximum absolute atomic E-state index is 6.37. The van der Waals surface area contributed by atoms with E-state index in [4.69, 9.17) is 4.43 Å². The topological polar surface area (TPSA) is 9.23 Å².